The molecule has 0 spiro atoms. The number of carbonyl (C=O) groups excluding carboxylic acids is 1. The molecular weight excluding hydrogens is 248 g/mol. The molecule has 1 saturated carbocycles. The number of nitrogens with zero attached hydrogens (tertiary/aromatic N) is 2. The largest absolute Gasteiger partial charge is 0.368 e. The predicted octanol–water partition coefficient (Wildman–Crippen LogP) is 1.24. The number of hydrogen-bond donors (Lipinski definition) is 2. The molecule has 0 atom stereocenters. The predicted molar refractivity (Wildman–Crippen MR) is 69.9 cm³/mol. The van der Waals surface area contributed by atoms with Gasteiger partial charge >= 0.3 is 0 Å². The number of nitro groups is 1. The Morgan fingerprint density at radius 2 is 2.21 bits per heavy atom. The zero-order valence-corrected chi connectivity index (χ0v) is 10.7. The number of pyridine rings is 1. The van der Waals surface area contributed by atoms with Gasteiger partial charge in [0.15, 0.2) is 0 Å². The summed E-state index contributed by atoms with van der Waals surface area (Å²) in [5.41, 5.74) is 0.379. The third-order valence-corrected chi connectivity index (χ3v) is 2.93. The van der Waals surface area contributed by atoms with Crippen LogP contribution in [0.5, 0.6) is 0 Å². The third kappa shape index (κ3) is 3.64. The SMILES string of the molecule is Cc1nc(NCCNC(=O)C2CC2)ccc1[N+](=O)[O-]. The lowest BCUT2D eigenvalue weighted by Gasteiger charge is -2.07. The van der Waals surface area contributed by atoms with Gasteiger partial charge in [-0.15, -0.1) is 0 Å². The normalized spacial score (nSPS) is 13.9. The first-order valence-corrected chi connectivity index (χ1v) is 6.21. The number of amides is 1. The summed E-state index contributed by atoms with van der Waals surface area (Å²) < 4.78 is 0. The Balaban J connectivity index is 1.77. The molecule has 0 radical (unpaired) electrons. The summed E-state index contributed by atoms with van der Waals surface area (Å²) in [6.07, 6.45) is 1.98. The molecule has 7 heteroatoms. The molecule has 1 heterocycles. The minimum Gasteiger partial charge on any atom is -0.368 e. The van der Waals surface area contributed by atoms with Crippen LogP contribution in [0.25, 0.3) is 0 Å². The first-order chi connectivity index (χ1) is 9.08. The van der Waals surface area contributed by atoms with Gasteiger partial charge in [-0.3, -0.25) is 14.9 Å². The summed E-state index contributed by atoms with van der Waals surface area (Å²) in [4.78, 5) is 25.6. The zero-order valence-electron chi connectivity index (χ0n) is 10.7. The van der Waals surface area contributed by atoms with Crippen LogP contribution in [0.15, 0.2) is 12.1 Å². The standard InChI is InChI=1S/C12H16N4O3/c1-8-10(16(18)19)4-5-11(15-8)13-6-7-14-12(17)9-2-3-9/h4-5,9H,2-3,6-7H2,1H3,(H,13,15)(H,14,17). The van der Waals surface area contributed by atoms with E-state index < -0.39 is 4.92 Å². The van der Waals surface area contributed by atoms with Crippen molar-refractivity contribution in [2.75, 3.05) is 18.4 Å². The summed E-state index contributed by atoms with van der Waals surface area (Å²) in [5.74, 6) is 0.887. The van der Waals surface area contributed by atoms with Crippen molar-refractivity contribution in [1.29, 1.82) is 0 Å². The molecule has 0 bridgehead atoms. The van der Waals surface area contributed by atoms with E-state index in [9.17, 15) is 14.9 Å². The van der Waals surface area contributed by atoms with Gasteiger partial charge in [0.05, 0.1) is 4.92 Å². The van der Waals surface area contributed by atoms with Gasteiger partial charge in [0.2, 0.25) is 5.91 Å². The maximum atomic E-state index is 11.4. The molecule has 2 N–H and O–H groups in total. The summed E-state index contributed by atoms with van der Waals surface area (Å²) in [7, 11) is 0. The molecule has 19 heavy (non-hydrogen) atoms. The first-order valence-electron chi connectivity index (χ1n) is 6.21. The van der Waals surface area contributed by atoms with Gasteiger partial charge in [-0.05, 0) is 25.8 Å². The van der Waals surface area contributed by atoms with Crippen LogP contribution in [0.2, 0.25) is 0 Å². The van der Waals surface area contributed by atoms with Gasteiger partial charge in [-0.25, -0.2) is 4.98 Å². The van der Waals surface area contributed by atoms with Gasteiger partial charge < -0.3 is 10.6 Å². The number of rotatable bonds is 6. The summed E-state index contributed by atoms with van der Waals surface area (Å²) in [6, 6.07) is 2.99. The van der Waals surface area contributed by atoms with E-state index in [1.54, 1.807) is 13.0 Å². The van der Waals surface area contributed by atoms with Crippen LogP contribution in [-0.4, -0.2) is 28.9 Å². The monoisotopic (exact) mass is 264 g/mol. The van der Waals surface area contributed by atoms with Gasteiger partial charge in [0.1, 0.15) is 11.5 Å². The van der Waals surface area contributed by atoms with Crippen LogP contribution in [0.4, 0.5) is 11.5 Å². The van der Waals surface area contributed by atoms with E-state index >= 15 is 0 Å². The molecule has 0 aromatic carbocycles. The second-order valence-corrected chi connectivity index (χ2v) is 4.55. The summed E-state index contributed by atoms with van der Waals surface area (Å²) in [6.45, 7) is 2.66. The Morgan fingerprint density at radius 1 is 1.47 bits per heavy atom. The highest BCUT2D eigenvalue weighted by molar-refractivity contribution is 5.80. The van der Waals surface area contributed by atoms with E-state index in [0.717, 1.165) is 12.8 Å². The van der Waals surface area contributed by atoms with Crippen molar-refractivity contribution >= 4 is 17.4 Å². The lowest BCUT2D eigenvalue weighted by molar-refractivity contribution is -0.385. The highest BCUT2D eigenvalue weighted by atomic mass is 16.6. The second kappa shape index (κ2) is 5.64. The molecule has 1 aromatic rings. The quantitative estimate of drug-likeness (QED) is 0.457. The minimum atomic E-state index is -0.456. The highest BCUT2D eigenvalue weighted by Crippen LogP contribution is 2.28. The van der Waals surface area contributed by atoms with Gasteiger partial charge in [0, 0.05) is 25.1 Å². The fourth-order valence-electron chi connectivity index (χ4n) is 1.71. The lowest BCUT2D eigenvalue weighted by Crippen LogP contribution is -2.29. The van der Waals surface area contributed by atoms with Crippen LogP contribution in [0.3, 0.4) is 0 Å². The second-order valence-electron chi connectivity index (χ2n) is 4.55. The number of hydrogen-bond acceptors (Lipinski definition) is 5. The Hall–Kier alpha value is -2.18. The zero-order chi connectivity index (χ0) is 13.8. The molecule has 1 amide bonds. The highest BCUT2D eigenvalue weighted by Gasteiger charge is 2.28. The van der Waals surface area contributed by atoms with Crippen molar-refractivity contribution in [1.82, 2.24) is 10.3 Å². The smallest absolute Gasteiger partial charge is 0.290 e. The molecule has 0 unspecified atom stereocenters. The summed E-state index contributed by atoms with van der Waals surface area (Å²) >= 11 is 0. The fourth-order valence-corrected chi connectivity index (χ4v) is 1.71. The molecule has 2 rings (SSSR count). The van der Waals surface area contributed by atoms with E-state index in [4.69, 9.17) is 0 Å². The van der Waals surface area contributed by atoms with E-state index in [1.807, 2.05) is 0 Å². The van der Waals surface area contributed by atoms with Crippen LogP contribution in [0, 0.1) is 23.0 Å². The van der Waals surface area contributed by atoms with Crippen LogP contribution >= 0.6 is 0 Å². The maximum absolute atomic E-state index is 11.4. The molecule has 0 saturated heterocycles. The Kier molecular flexibility index (Phi) is 3.94. The lowest BCUT2D eigenvalue weighted by atomic mass is 10.3. The van der Waals surface area contributed by atoms with E-state index in [1.165, 1.54) is 6.07 Å². The molecule has 1 fully saturated rings. The Morgan fingerprint density at radius 3 is 2.79 bits per heavy atom. The molecular formula is C12H16N4O3. The van der Waals surface area contributed by atoms with Crippen molar-refractivity contribution in [2.45, 2.75) is 19.8 Å². The van der Waals surface area contributed by atoms with E-state index in [0.29, 0.717) is 24.6 Å². The van der Waals surface area contributed by atoms with Crippen molar-refractivity contribution in [3.63, 3.8) is 0 Å². The number of aromatic nitrogens is 1. The van der Waals surface area contributed by atoms with Crippen molar-refractivity contribution < 1.29 is 9.72 Å². The third-order valence-electron chi connectivity index (χ3n) is 2.93. The molecule has 102 valence electrons. The van der Waals surface area contributed by atoms with E-state index in [2.05, 4.69) is 15.6 Å². The number of anilines is 1. The van der Waals surface area contributed by atoms with E-state index in [-0.39, 0.29) is 17.5 Å². The topological polar surface area (TPSA) is 97.2 Å². The first kappa shape index (κ1) is 13.3. The van der Waals surface area contributed by atoms with Gasteiger partial charge in [-0.2, -0.15) is 0 Å². The molecule has 1 aliphatic carbocycles. The van der Waals surface area contributed by atoms with Crippen LogP contribution in [0.1, 0.15) is 18.5 Å². The molecule has 1 aliphatic rings. The minimum absolute atomic E-state index is 0.00702. The van der Waals surface area contributed by atoms with Crippen LogP contribution < -0.4 is 10.6 Å². The fraction of sp³-hybridized carbons (Fsp3) is 0.500. The molecule has 7 nitrogen and oxygen atoms in total. The molecule has 1 aromatic heterocycles. The van der Waals surface area contributed by atoms with Gasteiger partial charge in [-0.1, -0.05) is 0 Å². The van der Waals surface area contributed by atoms with Crippen LogP contribution in [-0.2, 0) is 4.79 Å². The number of nitrogens with one attached hydrogen (secondary N) is 2. The van der Waals surface area contributed by atoms with Crippen molar-refractivity contribution in [2.24, 2.45) is 5.92 Å². The summed E-state index contributed by atoms with van der Waals surface area (Å²) in [5, 5.41) is 16.5. The average Bonchev–Trinajstić information content (AvgIpc) is 3.18. The maximum Gasteiger partial charge on any atom is 0.290 e. The van der Waals surface area contributed by atoms with Crippen molar-refractivity contribution in [3.05, 3.63) is 27.9 Å². The number of aryl methyl sites for hydroxylation is 1. The molecule has 0 aliphatic heterocycles. The van der Waals surface area contributed by atoms with Crippen molar-refractivity contribution in [3.8, 4) is 0 Å². The van der Waals surface area contributed by atoms with Gasteiger partial charge in [0.25, 0.3) is 5.69 Å². The average molecular weight is 264 g/mol. The Labute approximate surface area is 110 Å². The Bertz CT molecular complexity index is 500. The number of carbonyl (C=O) groups is 1.